The summed E-state index contributed by atoms with van der Waals surface area (Å²) in [6.07, 6.45) is -0.0506. The molecule has 0 aliphatic heterocycles. The number of hydrogen-bond donors (Lipinski definition) is 5. The van der Waals surface area contributed by atoms with Crippen molar-refractivity contribution in [2.45, 2.75) is 50.6 Å². The SMILES string of the molecule is [N-]=[N+]=NCCCC(=O)Cc1ccc(C[C@H](NC(=O)N[C@@H](CCC(=O)O)C(=O)O)C(=O)O)cc1. The van der Waals surface area contributed by atoms with Crippen molar-refractivity contribution in [2.75, 3.05) is 6.54 Å². The van der Waals surface area contributed by atoms with E-state index in [2.05, 4.69) is 20.7 Å². The van der Waals surface area contributed by atoms with Crippen LogP contribution in [0.15, 0.2) is 29.4 Å². The molecule has 1 aromatic rings. The van der Waals surface area contributed by atoms with E-state index in [-0.39, 0.29) is 38.0 Å². The monoisotopic (exact) mass is 463 g/mol. The zero-order valence-corrected chi connectivity index (χ0v) is 17.6. The maximum Gasteiger partial charge on any atom is 0.326 e. The number of benzene rings is 1. The lowest BCUT2D eigenvalue weighted by Gasteiger charge is -2.18. The van der Waals surface area contributed by atoms with Gasteiger partial charge in [-0.25, -0.2) is 14.4 Å². The third-order valence-electron chi connectivity index (χ3n) is 4.49. The minimum Gasteiger partial charge on any atom is -0.481 e. The van der Waals surface area contributed by atoms with Crippen molar-refractivity contribution >= 4 is 29.7 Å². The van der Waals surface area contributed by atoms with E-state index in [1.165, 1.54) is 0 Å². The van der Waals surface area contributed by atoms with Crippen LogP contribution in [0.1, 0.15) is 36.8 Å². The van der Waals surface area contributed by atoms with Crippen molar-refractivity contribution in [3.05, 3.63) is 45.8 Å². The lowest BCUT2D eigenvalue weighted by atomic mass is 10.0. The fraction of sp³-hybridized carbons (Fsp3) is 0.450. The zero-order valence-electron chi connectivity index (χ0n) is 17.6. The van der Waals surface area contributed by atoms with Crippen LogP contribution in [-0.2, 0) is 32.0 Å². The number of carboxylic acid groups (broad SMARTS) is 3. The van der Waals surface area contributed by atoms with Crippen LogP contribution in [0.2, 0.25) is 0 Å². The fourth-order valence-electron chi connectivity index (χ4n) is 2.82. The Labute approximate surface area is 188 Å². The van der Waals surface area contributed by atoms with Crippen molar-refractivity contribution in [2.24, 2.45) is 5.11 Å². The number of ketones is 1. The number of Topliss-reactive ketones (excluding diaryl/α,β-unsaturated/α-hetero) is 1. The van der Waals surface area contributed by atoms with Crippen molar-refractivity contribution < 1.29 is 39.3 Å². The number of amides is 2. The van der Waals surface area contributed by atoms with Crippen molar-refractivity contribution in [3.63, 3.8) is 0 Å². The number of carbonyl (C=O) groups is 5. The zero-order chi connectivity index (χ0) is 24.8. The molecule has 0 bridgehead atoms. The summed E-state index contributed by atoms with van der Waals surface area (Å²) < 4.78 is 0. The van der Waals surface area contributed by atoms with Gasteiger partial charge in [0.1, 0.15) is 17.9 Å². The van der Waals surface area contributed by atoms with Crippen molar-refractivity contribution in [1.82, 2.24) is 10.6 Å². The number of carbonyl (C=O) groups excluding carboxylic acids is 2. The molecule has 0 saturated carbocycles. The first kappa shape index (κ1) is 26.9. The molecule has 13 nitrogen and oxygen atoms in total. The second kappa shape index (κ2) is 14.0. The van der Waals surface area contributed by atoms with Crippen LogP contribution in [0.25, 0.3) is 10.4 Å². The number of hydrogen-bond acceptors (Lipinski definition) is 6. The van der Waals surface area contributed by atoms with Gasteiger partial charge in [-0.05, 0) is 29.5 Å². The Balaban J connectivity index is 2.65. The van der Waals surface area contributed by atoms with Crippen LogP contribution in [-0.4, -0.2) is 63.7 Å². The third kappa shape index (κ3) is 11.2. The summed E-state index contributed by atoms with van der Waals surface area (Å²) in [4.78, 5) is 59.9. The first-order chi connectivity index (χ1) is 15.6. The van der Waals surface area contributed by atoms with Gasteiger partial charge in [0.2, 0.25) is 0 Å². The Hall–Kier alpha value is -4.12. The Bertz CT molecular complexity index is 912. The maximum atomic E-state index is 12.1. The molecule has 0 radical (unpaired) electrons. The average Bonchev–Trinajstić information content (AvgIpc) is 2.74. The van der Waals surface area contributed by atoms with Gasteiger partial charge in [-0.3, -0.25) is 9.59 Å². The van der Waals surface area contributed by atoms with E-state index in [4.69, 9.17) is 15.7 Å². The van der Waals surface area contributed by atoms with Crippen LogP contribution in [0.5, 0.6) is 0 Å². The third-order valence-corrected chi connectivity index (χ3v) is 4.49. The molecule has 1 rings (SSSR count). The number of azide groups is 1. The van der Waals surface area contributed by atoms with Crippen LogP contribution in [0.3, 0.4) is 0 Å². The molecule has 0 saturated heterocycles. The standard InChI is InChI=1S/C20H25N5O8/c21-25-22-9-1-2-14(26)10-12-3-5-13(6-4-12)11-16(19(31)32)24-20(33)23-15(18(29)30)7-8-17(27)28/h3-6,15-16H,1-2,7-11H2,(H,27,28)(H,29,30)(H,31,32)(H2,23,24,33)/t15-,16-/m0/s1. The van der Waals surface area contributed by atoms with Crippen molar-refractivity contribution in [1.29, 1.82) is 0 Å². The second-order valence-corrected chi connectivity index (χ2v) is 7.13. The molecule has 178 valence electrons. The van der Waals surface area contributed by atoms with E-state index in [9.17, 15) is 29.1 Å². The highest BCUT2D eigenvalue weighted by atomic mass is 16.4. The van der Waals surface area contributed by atoms with E-state index >= 15 is 0 Å². The lowest BCUT2D eigenvalue weighted by Crippen LogP contribution is -2.51. The van der Waals surface area contributed by atoms with E-state index in [1.807, 2.05) is 0 Å². The molecule has 0 aliphatic rings. The Morgan fingerprint density at radius 2 is 1.48 bits per heavy atom. The summed E-state index contributed by atoms with van der Waals surface area (Å²) in [7, 11) is 0. The summed E-state index contributed by atoms with van der Waals surface area (Å²) in [6.45, 7) is 0.241. The first-order valence-corrected chi connectivity index (χ1v) is 9.97. The molecule has 0 heterocycles. The smallest absolute Gasteiger partial charge is 0.326 e. The molecular weight excluding hydrogens is 438 g/mol. The van der Waals surface area contributed by atoms with Gasteiger partial charge in [-0.2, -0.15) is 0 Å². The minimum absolute atomic E-state index is 0.0338. The highest BCUT2D eigenvalue weighted by molar-refractivity contribution is 5.86. The van der Waals surface area contributed by atoms with Gasteiger partial charge in [-0.15, -0.1) is 0 Å². The number of nitrogens with one attached hydrogen (secondary N) is 2. The molecule has 2 atom stereocenters. The average molecular weight is 463 g/mol. The molecular formula is C20H25N5O8. The number of rotatable bonds is 15. The van der Waals surface area contributed by atoms with Gasteiger partial charge in [0, 0.05) is 37.1 Å². The number of carboxylic acids is 3. The van der Waals surface area contributed by atoms with Crippen LogP contribution in [0, 0.1) is 0 Å². The number of urea groups is 1. The lowest BCUT2D eigenvalue weighted by molar-refractivity contribution is -0.140. The van der Waals surface area contributed by atoms with Crippen molar-refractivity contribution in [3.8, 4) is 0 Å². The Morgan fingerprint density at radius 3 is 2.03 bits per heavy atom. The second-order valence-electron chi connectivity index (χ2n) is 7.13. The molecule has 5 N–H and O–H groups in total. The molecule has 0 unspecified atom stereocenters. The quantitative estimate of drug-likeness (QED) is 0.111. The van der Waals surface area contributed by atoms with Gasteiger partial charge < -0.3 is 26.0 Å². The highest BCUT2D eigenvalue weighted by Crippen LogP contribution is 2.10. The summed E-state index contributed by atoms with van der Waals surface area (Å²) in [5.41, 5.74) is 9.48. The van der Waals surface area contributed by atoms with Crippen LogP contribution < -0.4 is 10.6 Å². The predicted octanol–water partition coefficient (Wildman–Crippen LogP) is 1.50. The summed E-state index contributed by atoms with van der Waals surface area (Å²) in [5.74, 6) is -4.05. The predicted molar refractivity (Wildman–Crippen MR) is 113 cm³/mol. The summed E-state index contributed by atoms with van der Waals surface area (Å²) in [5, 5.41) is 34.7. The van der Waals surface area contributed by atoms with Gasteiger partial charge >= 0.3 is 23.9 Å². The normalized spacial score (nSPS) is 12.0. The Kier molecular flexibility index (Phi) is 11.5. The number of nitrogens with zero attached hydrogens (tertiary/aromatic N) is 3. The van der Waals surface area contributed by atoms with Gasteiger partial charge in [0.15, 0.2) is 0 Å². The first-order valence-electron chi connectivity index (χ1n) is 9.97. The summed E-state index contributed by atoms with van der Waals surface area (Å²) >= 11 is 0. The summed E-state index contributed by atoms with van der Waals surface area (Å²) in [6, 6.07) is 2.64. The fourth-order valence-corrected chi connectivity index (χ4v) is 2.82. The molecule has 0 aromatic heterocycles. The van der Waals surface area contributed by atoms with Crippen LogP contribution >= 0.6 is 0 Å². The van der Waals surface area contributed by atoms with Gasteiger partial charge in [0.05, 0.1) is 0 Å². The van der Waals surface area contributed by atoms with Gasteiger partial charge in [-0.1, -0.05) is 29.4 Å². The maximum absolute atomic E-state index is 12.1. The van der Waals surface area contributed by atoms with E-state index < -0.39 is 42.4 Å². The largest absolute Gasteiger partial charge is 0.481 e. The highest BCUT2D eigenvalue weighted by Gasteiger charge is 2.25. The van der Waals surface area contributed by atoms with E-state index in [0.717, 1.165) is 0 Å². The molecule has 0 aliphatic carbocycles. The molecule has 33 heavy (non-hydrogen) atoms. The number of aliphatic carboxylic acids is 3. The van der Waals surface area contributed by atoms with E-state index in [1.54, 1.807) is 24.3 Å². The molecule has 0 spiro atoms. The molecule has 0 fully saturated rings. The minimum atomic E-state index is -1.49. The topological polar surface area (TPSA) is 219 Å². The Morgan fingerprint density at radius 1 is 0.909 bits per heavy atom. The molecule has 13 heteroatoms. The van der Waals surface area contributed by atoms with Crippen LogP contribution in [0.4, 0.5) is 4.79 Å². The van der Waals surface area contributed by atoms with E-state index in [0.29, 0.717) is 17.5 Å². The molecule has 2 amide bonds. The van der Waals surface area contributed by atoms with Gasteiger partial charge in [0.25, 0.3) is 0 Å². The molecule has 1 aromatic carbocycles.